The third-order valence-corrected chi connectivity index (χ3v) is 4.99. The zero-order valence-corrected chi connectivity index (χ0v) is 19.7. The first-order valence-electron chi connectivity index (χ1n) is 10.3. The zero-order valence-electron chi connectivity index (χ0n) is 19.7. The van der Waals surface area contributed by atoms with E-state index in [0.717, 1.165) is 5.56 Å². The molecule has 0 unspecified atom stereocenters. The Morgan fingerprint density at radius 3 is 1.94 bits per heavy atom. The summed E-state index contributed by atoms with van der Waals surface area (Å²) >= 11 is 0. The van der Waals surface area contributed by atoms with Gasteiger partial charge in [0.1, 0.15) is 6.61 Å². The number of carbonyl (C=O) groups is 2. The number of methoxy groups -OCH3 is 4. The fourth-order valence-electron chi connectivity index (χ4n) is 3.32. The molecule has 0 N–H and O–H groups in total. The second-order valence-corrected chi connectivity index (χ2v) is 7.11. The fraction of sp³-hybridized carbons (Fsp3) is 0.231. The van der Waals surface area contributed by atoms with Crippen molar-refractivity contribution in [1.82, 2.24) is 0 Å². The van der Waals surface area contributed by atoms with E-state index in [1.54, 1.807) is 6.07 Å². The normalized spacial score (nSPS) is 10.3. The second-order valence-electron chi connectivity index (χ2n) is 7.11. The molecule has 3 aromatic rings. The van der Waals surface area contributed by atoms with Crippen molar-refractivity contribution >= 4 is 11.8 Å². The van der Waals surface area contributed by atoms with Crippen molar-refractivity contribution < 1.29 is 38.0 Å². The third-order valence-electron chi connectivity index (χ3n) is 4.99. The maximum atomic E-state index is 13.2. The van der Waals surface area contributed by atoms with Crippen LogP contribution in [0.4, 0.5) is 0 Å². The molecular weight excluding hydrogens is 440 g/mol. The molecule has 0 saturated heterocycles. The number of ketones is 1. The van der Waals surface area contributed by atoms with Gasteiger partial charge >= 0.3 is 5.97 Å². The molecule has 0 atom stereocenters. The van der Waals surface area contributed by atoms with Gasteiger partial charge in [-0.05, 0) is 36.8 Å². The Morgan fingerprint density at radius 1 is 0.706 bits per heavy atom. The third kappa shape index (κ3) is 5.23. The molecule has 0 aromatic heterocycles. The van der Waals surface area contributed by atoms with Gasteiger partial charge in [0, 0.05) is 0 Å². The zero-order chi connectivity index (χ0) is 24.7. The van der Waals surface area contributed by atoms with Crippen molar-refractivity contribution in [3.05, 3.63) is 71.3 Å². The largest absolute Gasteiger partial charge is 0.493 e. The highest BCUT2D eigenvalue weighted by molar-refractivity contribution is 6.00. The van der Waals surface area contributed by atoms with E-state index < -0.39 is 5.97 Å². The van der Waals surface area contributed by atoms with E-state index in [0.29, 0.717) is 17.2 Å². The molecule has 34 heavy (non-hydrogen) atoms. The summed E-state index contributed by atoms with van der Waals surface area (Å²) in [6.45, 7) is 1.61. The molecule has 0 heterocycles. The number of benzene rings is 3. The van der Waals surface area contributed by atoms with E-state index in [-0.39, 0.29) is 40.8 Å². The van der Waals surface area contributed by atoms with Gasteiger partial charge < -0.3 is 28.4 Å². The summed E-state index contributed by atoms with van der Waals surface area (Å²) in [7, 11) is 5.77. The van der Waals surface area contributed by atoms with Crippen molar-refractivity contribution in [2.24, 2.45) is 0 Å². The number of Topliss-reactive ketones (excluding diaryl/α,β-unsaturated/α-hetero) is 1. The summed E-state index contributed by atoms with van der Waals surface area (Å²) in [5.41, 5.74) is 1.23. The lowest BCUT2D eigenvalue weighted by Gasteiger charge is -2.17. The Bertz CT molecular complexity index is 1170. The van der Waals surface area contributed by atoms with Gasteiger partial charge in [0.15, 0.2) is 28.8 Å². The monoisotopic (exact) mass is 466 g/mol. The van der Waals surface area contributed by atoms with Gasteiger partial charge in [0.05, 0.1) is 39.6 Å². The first-order valence-corrected chi connectivity index (χ1v) is 10.3. The van der Waals surface area contributed by atoms with Crippen LogP contribution < -0.4 is 28.4 Å². The molecule has 8 heteroatoms. The van der Waals surface area contributed by atoms with E-state index in [1.165, 1.54) is 53.6 Å². The lowest BCUT2D eigenvalue weighted by Crippen LogP contribution is -2.13. The maximum absolute atomic E-state index is 13.2. The highest BCUT2D eigenvalue weighted by Crippen LogP contribution is 2.42. The molecule has 0 bridgehead atoms. The van der Waals surface area contributed by atoms with Crippen molar-refractivity contribution in [2.45, 2.75) is 13.5 Å². The van der Waals surface area contributed by atoms with E-state index >= 15 is 0 Å². The first-order chi connectivity index (χ1) is 16.4. The van der Waals surface area contributed by atoms with Crippen LogP contribution >= 0.6 is 0 Å². The highest BCUT2D eigenvalue weighted by atomic mass is 16.6. The van der Waals surface area contributed by atoms with Crippen molar-refractivity contribution in [2.75, 3.05) is 28.4 Å². The van der Waals surface area contributed by atoms with Gasteiger partial charge in [0.25, 0.3) is 0 Å². The average molecular weight is 466 g/mol. The summed E-state index contributed by atoms with van der Waals surface area (Å²) < 4.78 is 33.0. The number of ether oxygens (including phenoxy) is 6. The van der Waals surface area contributed by atoms with Gasteiger partial charge in [-0.3, -0.25) is 4.79 Å². The molecule has 0 radical (unpaired) electrons. The number of hydrogen-bond donors (Lipinski definition) is 0. The molecule has 0 spiro atoms. The van der Waals surface area contributed by atoms with Crippen LogP contribution in [0.25, 0.3) is 0 Å². The van der Waals surface area contributed by atoms with Crippen molar-refractivity contribution in [3.63, 3.8) is 0 Å². The molecule has 0 aliphatic rings. The van der Waals surface area contributed by atoms with E-state index in [1.807, 2.05) is 30.3 Å². The minimum Gasteiger partial charge on any atom is -0.493 e. The summed E-state index contributed by atoms with van der Waals surface area (Å²) in [4.78, 5) is 25.3. The predicted molar refractivity (Wildman–Crippen MR) is 125 cm³/mol. The molecule has 0 saturated carbocycles. The van der Waals surface area contributed by atoms with E-state index in [9.17, 15) is 9.59 Å². The van der Waals surface area contributed by atoms with Crippen LogP contribution in [0.3, 0.4) is 0 Å². The Kier molecular flexibility index (Phi) is 7.97. The minimum absolute atomic E-state index is 0.0408. The lowest BCUT2D eigenvalue weighted by atomic mass is 10.1. The average Bonchev–Trinajstić information content (AvgIpc) is 2.86. The molecule has 0 aliphatic heterocycles. The molecule has 178 valence electrons. The topological polar surface area (TPSA) is 89.5 Å². The van der Waals surface area contributed by atoms with E-state index in [2.05, 4.69) is 0 Å². The van der Waals surface area contributed by atoms with Crippen LogP contribution in [-0.4, -0.2) is 40.2 Å². The minimum atomic E-state index is -0.750. The summed E-state index contributed by atoms with van der Waals surface area (Å²) in [6, 6.07) is 15.6. The Morgan fingerprint density at radius 2 is 1.35 bits per heavy atom. The Hall–Kier alpha value is -4.20. The van der Waals surface area contributed by atoms with Crippen LogP contribution in [-0.2, 0) is 6.61 Å². The van der Waals surface area contributed by atoms with Gasteiger partial charge in [-0.15, -0.1) is 0 Å². The summed E-state index contributed by atoms with van der Waals surface area (Å²) in [5, 5.41) is 0. The molecule has 0 fully saturated rings. The number of rotatable bonds is 10. The smallest absolute Gasteiger partial charge is 0.343 e. The standard InChI is InChI=1S/C26H26O8/c1-16(27)19-11-12-20(29-2)25(32-5)23(19)34-26(28)18-13-21(30-3)24(31-4)22(14-18)33-15-17-9-7-6-8-10-17/h6-14H,15H2,1-5H3. The molecule has 0 aliphatic carbocycles. The SMILES string of the molecule is COc1cc(C(=O)Oc2c(C(C)=O)ccc(OC)c2OC)cc(OCc2ccccc2)c1OC. The Labute approximate surface area is 197 Å². The van der Waals surface area contributed by atoms with Gasteiger partial charge in [-0.2, -0.15) is 0 Å². The molecule has 0 amide bonds. The molecular formula is C26H26O8. The number of carbonyl (C=O) groups excluding carboxylic acids is 2. The summed E-state index contributed by atoms with van der Waals surface area (Å²) in [5.74, 6) is 0.257. The second kappa shape index (κ2) is 11.1. The quantitative estimate of drug-likeness (QED) is 0.241. The highest BCUT2D eigenvalue weighted by Gasteiger charge is 2.24. The van der Waals surface area contributed by atoms with Crippen LogP contribution in [0.2, 0.25) is 0 Å². The Balaban J connectivity index is 2.00. The van der Waals surface area contributed by atoms with E-state index in [4.69, 9.17) is 28.4 Å². The summed E-state index contributed by atoms with van der Waals surface area (Å²) in [6.07, 6.45) is 0. The molecule has 8 nitrogen and oxygen atoms in total. The fourth-order valence-corrected chi connectivity index (χ4v) is 3.32. The first kappa shape index (κ1) is 24.4. The molecule has 3 aromatic carbocycles. The molecule has 3 rings (SSSR count). The number of esters is 1. The lowest BCUT2D eigenvalue weighted by molar-refractivity contribution is 0.0725. The maximum Gasteiger partial charge on any atom is 0.343 e. The predicted octanol–water partition coefficient (Wildman–Crippen LogP) is 4.72. The number of hydrogen-bond acceptors (Lipinski definition) is 8. The van der Waals surface area contributed by atoms with Crippen LogP contribution in [0, 0.1) is 0 Å². The van der Waals surface area contributed by atoms with Crippen LogP contribution in [0.1, 0.15) is 33.2 Å². The van der Waals surface area contributed by atoms with Crippen LogP contribution in [0.15, 0.2) is 54.6 Å². The van der Waals surface area contributed by atoms with Crippen molar-refractivity contribution in [3.8, 4) is 34.5 Å². The van der Waals surface area contributed by atoms with Gasteiger partial charge in [-0.1, -0.05) is 30.3 Å². The van der Waals surface area contributed by atoms with Crippen molar-refractivity contribution in [1.29, 1.82) is 0 Å². The van der Waals surface area contributed by atoms with Gasteiger partial charge in [0.2, 0.25) is 11.5 Å². The van der Waals surface area contributed by atoms with Gasteiger partial charge in [-0.25, -0.2) is 4.79 Å². The van der Waals surface area contributed by atoms with Crippen LogP contribution in [0.5, 0.6) is 34.5 Å².